The van der Waals surface area contributed by atoms with E-state index < -0.39 is 0 Å². The number of allylic oxidation sites excluding steroid dienone is 1. The van der Waals surface area contributed by atoms with Crippen molar-refractivity contribution in [3.63, 3.8) is 0 Å². The Bertz CT molecular complexity index is 941. The third kappa shape index (κ3) is 3.52. The highest BCUT2D eigenvalue weighted by Gasteiger charge is 2.11. The molecule has 4 rings (SSSR count). The maximum Gasteiger partial charge on any atom is 0.185 e. The molecule has 3 aromatic carbocycles. The number of hydrogen-bond acceptors (Lipinski definition) is 3. The Hall–Kier alpha value is -3.33. The molecule has 0 bridgehead atoms. The molecule has 3 aromatic rings. The lowest BCUT2D eigenvalue weighted by Gasteiger charge is -2.18. The van der Waals surface area contributed by atoms with Crippen molar-refractivity contribution < 1.29 is 14.3 Å². The number of carbonyl (C=O) groups excluding carboxylic acids is 1. The fourth-order valence-corrected chi connectivity index (χ4v) is 2.89. The number of hydrogen-bond donors (Lipinski definition) is 0. The van der Waals surface area contributed by atoms with Crippen molar-refractivity contribution in [2.45, 2.75) is 0 Å². The van der Waals surface area contributed by atoms with Gasteiger partial charge in [-0.15, -0.1) is 0 Å². The number of carbonyl (C=O) groups is 1. The molecule has 0 aliphatic carbocycles. The monoisotopic (exact) mass is 342 g/mol. The molecule has 0 saturated heterocycles. The minimum Gasteiger partial charge on any atom is -0.486 e. The summed E-state index contributed by atoms with van der Waals surface area (Å²) in [5, 5.41) is 0. The molecule has 1 heterocycles. The average molecular weight is 342 g/mol. The third-order valence-electron chi connectivity index (χ3n) is 4.27. The van der Waals surface area contributed by atoms with Crippen LogP contribution in [0.3, 0.4) is 0 Å². The van der Waals surface area contributed by atoms with E-state index in [0.717, 1.165) is 28.2 Å². The first-order valence-electron chi connectivity index (χ1n) is 8.57. The van der Waals surface area contributed by atoms with E-state index in [0.29, 0.717) is 18.8 Å². The van der Waals surface area contributed by atoms with Crippen molar-refractivity contribution in [1.29, 1.82) is 0 Å². The predicted octanol–water partition coefficient (Wildman–Crippen LogP) is 5.02. The highest BCUT2D eigenvalue weighted by Crippen LogP contribution is 2.31. The van der Waals surface area contributed by atoms with Gasteiger partial charge in [0.25, 0.3) is 0 Å². The molecule has 3 nitrogen and oxygen atoms in total. The van der Waals surface area contributed by atoms with E-state index in [9.17, 15) is 4.79 Å². The Kier molecular flexibility index (Phi) is 4.52. The zero-order valence-corrected chi connectivity index (χ0v) is 14.2. The van der Waals surface area contributed by atoms with Gasteiger partial charge in [-0.2, -0.15) is 0 Å². The van der Waals surface area contributed by atoms with Crippen LogP contribution in [0.15, 0.2) is 78.9 Å². The summed E-state index contributed by atoms with van der Waals surface area (Å²) in [5.74, 6) is 1.44. The van der Waals surface area contributed by atoms with E-state index in [1.54, 1.807) is 12.2 Å². The molecule has 0 saturated carbocycles. The first kappa shape index (κ1) is 16.2. The molecule has 0 N–H and O–H groups in total. The van der Waals surface area contributed by atoms with Gasteiger partial charge in [-0.1, -0.05) is 66.7 Å². The van der Waals surface area contributed by atoms with E-state index in [2.05, 4.69) is 12.1 Å². The van der Waals surface area contributed by atoms with Crippen LogP contribution in [0.4, 0.5) is 0 Å². The Morgan fingerprint density at radius 1 is 0.769 bits per heavy atom. The number of ketones is 1. The number of ether oxygens (including phenoxy) is 2. The normalized spacial score (nSPS) is 12.9. The molecule has 0 radical (unpaired) electrons. The van der Waals surface area contributed by atoms with E-state index >= 15 is 0 Å². The zero-order chi connectivity index (χ0) is 17.8. The van der Waals surface area contributed by atoms with Crippen LogP contribution in [0.5, 0.6) is 11.5 Å². The molecule has 1 aliphatic heterocycles. The third-order valence-corrected chi connectivity index (χ3v) is 4.27. The van der Waals surface area contributed by atoms with Crippen LogP contribution in [-0.4, -0.2) is 19.0 Å². The summed E-state index contributed by atoms with van der Waals surface area (Å²) in [5.41, 5.74) is 3.80. The summed E-state index contributed by atoms with van der Waals surface area (Å²) in [4.78, 5) is 12.4. The summed E-state index contributed by atoms with van der Waals surface area (Å²) in [6, 6.07) is 23.4. The molecule has 128 valence electrons. The van der Waals surface area contributed by atoms with Crippen LogP contribution < -0.4 is 9.47 Å². The lowest BCUT2D eigenvalue weighted by molar-refractivity contribution is 0.104. The molecular weight excluding hydrogens is 324 g/mol. The van der Waals surface area contributed by atoms with E-state index in [1.165, 1.54) is 0 Å². The van der Waals surface area contributed by atoms with Gasteiger partial charge >= 0.3 is 0 Å². The standard InChI is InChI=1S/C23H18O3/c24-21(12-6-17-7-13-22-23(16-17)26-15-14-25-22)20-10-8-19(9-11-20)18-4-2-1-3-5-18/h1-13,16H,14-15H2/b12-6+. The van der Waals surface area contributed by atoms with Gasteiger partial charge in [0.1, 0.15) is 13.2 Å². The van der Waals surface area contributed by atoms with E-state index in [4.69, 9.17) is 9.47 Å². The molecule has 26 heavy (non-hydrogen) atoms. The molecule has 0 unspecified atom stereocenters. The van der Waals surface area contributed by atoms with Crippen LogP contribution in [0.2, 0.25) is 0 Å². The fourth-order valence-electron chi connectivity index (χ4n) is 2.89. The fraction of sp³-hybridized carbons (Fsp3) is 0.0870. The van der Waals surface area contributed by atoms with Gasteiger partial charge in [0.15, 0.2) is 17.3 Å². The second kappa shape index (κ2) is 7.28. The largest absolute Gasteiger partial charge is 0.486 e. The molecule has 0 spiro atoms. The Labute approximate surface area is 152 Å². The van der Waals surface area contributed by atoms with Crippen LogP contribution in [-0.2, 0) is 0 Å². The van der Waals surface area contributed by atoms with Gasteiger partial charge in [0.05, 0.1) is 0 Å². The highest BCUT2D eigenvalue weighted by molar-refractivity contribution is 6.07. The quantitative estimate of drug-likeness (QED) is 0.493. The molecular formula is C23H18O3. The Balaban J connectivity index is 1.48. The zero-order valence-electron chi connectivity index (χ0n) is 14.2. The van der Waals surface area contributed by atoms with Crippen LogP contribution in [0.25, 0.3) is 17.2 Å². The SMILES string of the molecule is O=C(/C=C/c1ccc2c(c1)OCCO2)c1ccc(-c2ccccc2)cc1. The van der Waals surface area contributed by atoms with Crippen molar-refractivity contribution in [1.82, 2.24) is 0 Å². The van der Waals surface area contributed by atoms with Crippen molar-refractivity contribution in [2.75, 3.05) is 13.2 Å². The van der Waals surface area contributed by atoms with Gasteiger partial charge in [-0.05, 0) is 34.9 Å². The maximum absolute atomic E-state index is 12.4. The Morgan fingerprint density at radius 3 is 2.23 bits per heavy atom. The van der Waals surface area contributed by atoms with E-state index in [-0.39, 0.29) is 5.78 Å². The molecule has 0 fully saturated rings. The summed E-state index contributed by atoms with van der Waals surface area (Å²) >= 11 is 0. The summed E-state index contributed by atoms with van der Waals surface area (Å²) in [6.45, 7) is 1.12. The molecule has 0 aromatic heterocycles. The number of fused-ring (bicyclic) bond motifs is 1. The molecule has 0 amide bonds. The van der Waals surface area contributed by atoms with Gasteiger partial charge in [0.2, 0.25) is 0 Å². The Morgan fingerprint density at radius 2 is 1.46 bits per heavy atom. The van der Waals surface area contributed by atoms with Gasteiger partial charge in [0, 0.05) is 5.56 Å². The first-order valence-corrected chi connectivity index (χ1v) is 8.57. The second-order valence-corrected chi connectivity index (χ2v) is 6.04. The van der Waals surface area contributed by atoms with E-state index in [1.807, 2.05) is 60.7 Å². The van der Waals surface area contributed by atoms with Gasteiger partial charge < -0.3 is 9.47 Å². The lowest BCUT2D eigenvalue weighted by Crippen LogP contribution is -2.15. The average Bonchev–Trinajstić information content (AvgIpc) is 2.72. The minimum absolute atomic E-state index is 0.0282. The van der Waals surface area contributed by atoms with Gasteiger partial charge in [-0.3, -0.25) is 4.79 Å². The van der Waals surface area contributed by atoms with Crippen LogP contribution in [0, 0.1) is 0 Å². The van der Waals surface area contributed by atoms with Crippen molar-refractivity contribution in [3.8, 4) is 22.6 Å². The smallest absolute Gasteiger partial charge is 0.185 e. The topological polar surface area (TPSA) is 35.5 Å². The van der Waals surface area contributed by atoms with Crippen molar-refractivity contribution >= 4 is 11.9 Å². The first-order chi connectivity index (χ1) is 12.8. The molecule has 3 heteroatoms. The number of rotatable bonds is 4. The molecule has 1 aliphatic rings. The van der Waals surface area contributed by atoms with Crippen LogP contribution in [0.1, 0.15) is 15.9 Å². The summed E-state index contributed by atoms with van der Waals surface area (Å²) < 4.78 is 11.1. The van der Waals surface area contributed by atoms with Crippen LogP contribution >= 0.6 is 0 Å². The lowest BCUT2D eigenvalue weighted by atomic mass is 10.0. The van der Waals surface area contributed by atoms with Crippen molar-refractivity contribution in [2.24, 2.45) is 0 Å². The molecule has 0 atom stereocenters. The predicted molar refractivity (Wildman–Crippen MR) is 103 cm³/mol. The second-order valence-electron chi connectivity index (χ2n) is 6.04. The minimum atomic E-state index is -0.0282. The summed E-state index contributed by atoms with van der Waals surface area (Å²) in [7, 11) is 0. The highest BCUT2D eigenvalue weighted by atomic mass is 16.6. The maximum atomic E-state index is 12.4. The summed E-state index contributed by atoms with van der Waals surface area (Å²) in [6.07, 6.45) is 3.38. The number of benzene rings is 3. The van der Waals surface area contributed by atoms with Gasteiger partial charge in [-0.25, -0.2) is 0 Å². The van der Waals surface area contributed by atoms with Crippen molar-refractivity contribution in [3.05, 3.63) is 90.0 Å².